The van der Waals surface area contributed by atoms with Gasteiger partial charge in [0.05, 0.1) is 122 Å². The summed E-state index contributed by atoms with van der Waals surface area (Å²) in [5.74, 6) is -0.712. The lowest BCUT2D eigenvalue weighted by molar-refractivity contribution is -0.158. The molecule has 2 amide bonds. The lowest BCUT2D eigenvalue weighted by Crippen LogP contribution is -2.50. The zero-order valence-corrected chi connectivity index (χ0v) is 67.3. The highest BCUT2D eigenvalue weighted by Gasteiger charge is 2.59. The fourth-order valence-corrected chi connectivity index (χ4v) is 13.4. The molecule has 7 aliphatic rings. The maximum Gasteiger partial charge on any atom is 0.327 e. The first kappa shape index (κ1) is 88.0. The first-order chi connectivity index (χ1) is 53.6. The van der Waals surface area contributed by atoms with Crippen molar-refractivity contribution in [1.29, 1.82) is 3.84 Å². The van der Waals surface area contributed by atoms with E-state index < -0.39 is 51.3 Å². The van der Waals surface area contributed by atoms with Gasteiger partial charge in [-0.05, 0) is 110 Å². The predicted molar refractivity (Wildman–Crippen MR) is 421 cm³/mol. The number of aliphatic carboxylic acids is 1. The third-order valence-corrected chi connectivity index (χ3v) is 21.0. The van der Waals surface area contributed by atoms with Crippen LogP contribution in [0, 0.1) is 17.8 Å². The van der Waals surface area contributed by atoms with Gasteiger partial charge in [-0.2, -0.15) is 9.73 Å². The number of epoxide rings is 2. The highest BCUT2D eigenvalue weighted by atomic mass is 31.0. The van der Waals surface area contributed by atoms with Gasteiger partial charge < -0.3 is 87.9 Å². The summed E-state index contributed by atoms with van der Waals surface area (Å²) in [6.45, 7) is 36.6. The summed E-state index contributed by atoms with van der Waals surface area (Å²) in [4.78, 5) is 57.8. The summed E-state index contributed by atoms with van der Waals surface area (Å²) in [6.07, 6.45) is 33.4. The smallest absolute Gasteiger partial charge is 0.327 e. The van der Waals surface area contributed by atoms with Crippen LogP contribution in [0.1, 0.15) is 182 Å². The Morgan fingerprint density at radius 2 is 0.955 bits per heavy atom. The molecule has 7 aliphatic heterocycles. The molecule has 10 rings (SSSR count). The molecule has 7 N–H and O–H groups in total. The lowest BCUT2D eigenvalue weighted by atomic mass is 9.87. The number of ether oxygens (including phenoxy) is 9. The zero-order chi connectivity index (χ0) is 83.7. The van der Waals surface area contributed by atoms with Crippen molar-refractivity contribution in [2.24, 2.45) is 23.5 Å². The van der Waals surface area contributed by atoms with Crippen LogP contribution in [0.3, 0.4) is 0 Å². The molecule has 2 spiro atoms. The van der Waals surface area contributed by atoms with Crippen LogP contribution in [-0.2, 0) is 66.6 Å². The number of carboxylic acid groups (broad SMARTS) is 1. The molecule has 0 saturated carbocycles. The van der Waals surface area contributed by atoms with Gasteiger partial charge in [-0.1, -0.05) is 154 Å². The number of nitrogens with one attached hydrogen (secondary N) is 2. The summed E-state index contributed by atoms with van der Waals surface area (Å²) >= 11 is 0. The molecule has 0 radical (unpaired) electrons. The Bertz CT molecular complexity index is 3630. The summed E-state index contributed by atoms with van der Waals surface area (Å²) in [5, 5.41) is 46.7. The SMILES string of the molecule is C=C/C(C)=C/C[C@@H]1O[C@H](C)[C@H](N)C[C@@H]1C.C=C/C(C)=C/C[C@@H]1O[C@H](C)[C@H](NC(=O)/C=C\C(C)c2ccon2)C[C@@H]1C.C=C[C@H]1O[C@H](CC(=O)OC)C[C@@]2(CO2)[C@@H]1O.CC(/C=C\C(=O)O)c1ccon1.COC(=O)C[C@@H]1C[C@@]2(CO2)[C@H](O)[C@@H](/C=C/C(C)=C/C[C@@H]2O[C@H](C)[C@H](NC(=O)/C=C\C(C)c3ccon3)C[C@@H]2C)O1.[3H]P([3H])[3H]. The molecule has 0 aliphatic carbocycles. The molecule has 10 heterocycles. The monoisotopic (exact) mass is 1560 g/mol. The fraction of sp³-hybridized carbons (Fsp3) is 0.590. The summed E-state index contributed by atoms with van der Waals surface area (Å²) < 4.78 is 82.4. The van der Waals surface area contributed by atoms with Gasteiger partial charge >= 0.3 is 17.9 Å². The van der Waals surface area contributed by atoms with E-state index in [0.717, 1.165) is 72.8 Å². The number of esters is 2. The molecule has 7 fully saturated rings. The van der Waals surface area contributed by atoms with E-state index in [1.54, 1.807) is 36.4 Å². The van der Waals surface area contributed by atoms with Crippen LogP contribution in [-0.4, -0.2) is 194 Å². The standard InChI is InChI=1S/C30H42N2O8.C21H30N2O3.C13H23NO.C11H16O5.C8H9NO3.H3P/c1-18(7-10-26-29(35)30(17-37-30)16-22(40-26)15-28(34)36-5)6-9-25-20(3)14-24(21(4)39-25)31-27(33)11-8-19(2)23-12-13-38-32-23;1-6-14(2)7-9-20-16(4)13-19(17(5)26-20)22-21(24)10-8-15(3)18-11-12-25-23-18;1-5-9(2)6-7-13-10(3)8-12(14)11(4)15-13;1-3-8-10(13)11(6-15-11)5-7(16-8)4-9(12)14-2;1-6(2-3-8(10)11)7-4-5-12-9-7;/h6-8,10-13,19-22,24-26,29,35H,9,14-17H2,1-5H3,(H,31,33);6-8,10-12,15-17,19-20H,1,9,13H2,2-5H3,(H,22,24);5-6,10-13H,1,7-8,14H2,2-4H3;3,7-8,10,13H,1,4-6H2,2H3;2-6H,1H3,(H,10,11);1H3/b10-7+,11-8-,18-6+;10-8-,14-7+;9-6+;;3-2-;/t19?,20-,21+,22+,24+,25-,26+,29+,30+;15?,16-,17+,19+,20-;10-,11+,12+,13-;7-,8-,10-,11-;;/m0001../s1/i;;;;;1T3. The minimum absolute atomic E-state index is 0.0149. The van der Waals surface area contributed by atoms with E-state index in [0.29, 0.717) is 44.0 Å². The number of aliphatic hydroxyl groups excluding tert-OH is 2. The summed E-state index contributed by atoms with van der Waals surface area (Å²) in [5.41, 5.74) is 10.5. The Balaban J connectivity index is 0.000000268. The molecule has 110 heavy (non-hydrogen) atoms. The first-order valence-corrected chi connectivity index (χ1v) is 37.8. The highest BCUT2D eigenvalue weighted by Crippen LogP contribution is 2.45. The Kier molecular flexibility index (Phi) is 36.6. The average molecular weight is 1560 g/mol. The molecule has 23 atom stereocenters. The van der Waals surface area contributed by atoms with Gasteiger partial charge in [0.1, 0.15) is 54.4 Å². The number of carbonyl (C=O) groups excluding carboxylic acids is 4. The normalized spacial score (nSPS) is 32.5. The van der Waals surface area contributed by atoms with Crippen molar-refractivity contribution in [2.75, 3.05) is 27.4 Å². The molecule has 7 saturated heterocycles. The number of aliphatic hydroxyl groups is 2. The average Bonchev–Trinajstić information content (AvgIpc) is 1.60. The second kappa shape index (κ2) is 45.8. The van der Waals surface area contributed by atoms with Crippen molar-refractivity contribution in [3.05, 3.63) is 176 Å². The van der Waals surface area contributed by atoms with E-state index in [2.05, 4.69) is 108 Å². The third-order valence-electron chi connectivity index (χ3n) is 21.0. The number of aromatic nitrogens is 3. The van der Waals surface area contributed by atoms with E-state index in [9.17, 15) is 34.2 Å². The number of amides is 2. The Morgan fingerprint density at radius 3 is 1.31 bits per heavy atom. The minimum Gasteiger partial charge on any atom is -0.478 e. The van der Waals surface area contributed by atoms with Gasteiger partial charge in [-0.15, -0.1) is 6.58 Å². The quantitative estimate of drug-likeness (QED) is 0.0109. The maximum absolute atomic E-state index is 12.5. The van der Waals surface area contributed by atoms with Crippen molar-refractivity contribution in [2.45, 2.75) is 268 Å². The largest absolute Gasteiger partial charge is 0.478 e. The highest BCUT2D eigenvalue weighted by molar-refractivity contribution is 6.92. The number of nitrogens with zero attached hydrogens (tertiary/aromatic N) is 3. The number of carboxylic acids is 1. The van der Waals surface area contributed by atoms with Gasteiger partial charge in [0, 0.05) is 60.9 Å². The Hall–Kier alpha value is -7.59. The number of methoxy groups -OCH3 is 2. The minimum atomic E-state index is -1.87. The second-order valence-corrected chi connectivity index (χ2v) is 29.8. The van der Waals surface area contributed by atoms with Gasteiger partial charge in [0.15, 0.2) is 0 Å². The Labute approximate surface area is 656 Å². The predicted octanol–water partition coefficient (Wildman–Crippen LogP) is 11.7. The maximum atomic E-state index is 12.5. The van der Waals surface area contributed by atoms with Gasteiger partial charge in [-0.25, -0.2) is 4.79 Å². The molecule has 3 aromatic rings. The van der Waals surface area contributed by atoms with Crippen LogP contribution in [0.15, 0.2) is 172 Å². The molecule has 27 heteroatoms. The van der Waals surface area contributed by atoms with E-state index in [4.69, 9.17) is 61.6 Å². The lowest BCUT2D eigenvalue weighted by Gasteiger charge is -2.39. The number of rotatable bonds is 26. The molecule has 0 bridgehead atoms. The van der Waals surface area contributed by atoms with Crippen LogP contribution < -0.4 is 16.4 Å². The van der Waals surface area contributed by atoms with Crippen LogP contribution >= 0.6 is 9.73 Å². The second-order valence-electron chi connectivity index (χ2n) is 29.8. The number of allylic oxidation sites excluding steroid dienone is 9. The van der Waals surface area contributed by atoms with Crippen molar-refractivity contribution in [3.8, 4) is 0 Å². The summed E-state index contributed by atoms with van der Waals surface area (Å²) in [7, 11) is 0.823. The van der Waals surface area contributed by atoms with Gasteiger partial charge in [0.2, 0.25) is 11.8 Å². The van der Waals surface area contributed by atoms with Gasteiger partial charge in [0.25, 0.3) is 0 Å². The third kappa shape index (κ3) is 29.8. The number of nitrogens with two attached hydrogens (primary N) is 1. The van der Waals surface area contributed by atoms with Crippen molar-refractivity contribution in [3.63, 3.8) is 0 Å². The van der Waals surface area contributed by atoms with Crippen molar-refractivity contribution >= 4 is 39.5 Å². The molecule has 610 valence electrons. The zero-order valence-electron chi connectivity index (χ0n) is 69.4. The number of hydrogen-bond acceptors (Lipinski definition) is 23. The molecular formula is C83H123N6O20P. The fourth-order valence-electron chi connectivity index (χ4n) is 13.4. The molecular weight excluding hydrogens is 1430 g/mol. The molecule has 3 aromatic heterocycles. The number of carbonyl (C=O) groups is 5. The van der Waals surface area contributed by atoms with Crippen LogP contribution in [0.25, 0.3) is 0 Å². The molecule has 3 unspecified atom stereocenters. The number of hydrogen-bond donors (Lipinski definition) is 6. The van der Waals surface area contributed by atoms with Gasteiger partial charge in [-0.3, -0.25) is 19.2 Å². The van der Waals surface area contributed by atoms with Crippen LogP contribution in [0.4, 0.5) is 0 Å². The van der Waals surface area contributed by atoms with E-state index in [1.807, 2.05) is 84.9 Å². The molecule has 0 aromatic carbocycles. The Morgan fingerprint density at radius 1 is 0.591 bits per heavy atom. The molecule has 26 nitrogen and oxygen atoms in total. The van der Waals surface area contributed by atoms with E-state index in [-0.39, 0.29) is 121 Å². The van der Waals surface area contributed by atoms with E-state index >= 15 is 0 Å². The van der Waals surface area contributed by atoms with E-state index in [1.165, 1.54) is 44.7 Å². The van der Waals surface area contributed by atoms with Crippen LogP contribution in [0.2, 0.25) is 0 Å². The topological polar surface area (TPSA) is 364 Å². The van der Waals surface area contributed by atoms with Crippen molar-refractivity contribution < 1.29 is 95.5 Å². The van der Waals surface area contributed by atoms with Crippen LogP contribution in [0.5, 0.6) is 0 Å². The summed E-state index contributed by atoms with van der Waals surface area (Å²) in [6, 6.07) is 5.43. The van der Waals surface area contributed by atoms with Crippen molar-refractivity contribution in [1.82, 2.24) is 26.1 Å². The first-order valence-electron chi connectivity index (χ1n) is 39.2.